The van der Waals surface area contributed by atoms with Crippen LogP contribution in [-0.2, 0) is 22.1 Å². The number of carboxylic acids is 1. The Morgan fingerprint density at radius 2 is 2.03 bits per heavy atom. The number of hydrogen-bond acceptors (Lipinski definition) is 4. The summed E-state index contributed by atoms with van der Waals surface area (Å²) >= 11 is 0. The molecule has 3 atom stereocenters. The van der Waals surface area contributed by atoms with E-state index in [1.165, 1.54) is 18.2 Å². The topological polar surface area (TPSA) is 70.0 Å². The monoisotopic (exact) mass is 521 g/mol. The lowest BCUT2D eigenvalue weighted by molar-refractivity contribution is -0.140. The van der Waals surface area contributed by atoms with E-state index in [0.717, 1.165) is 25.5 Å². The normalized spacial score (nSPS) is 17.8. The number of aliphatic carboxylic acids is 1. The number of likely N-dealkylation sites (tertiary alicyclic amines) is 1. The molecule has 5 nitrogen and oxygen atoms in total. The van der Waals surface area contributed by atoms with Crippen molar-refractivity contribution in [2.45, 2.75) is 64.0 Å². The van der Waals surface area contributed by atoms with Crippen LogP contribution in [0.5, 0.6) is 0 Å². The summed E-state index contributed by atoms with van der Waals surface area (Å²) in [6, 6.07) is 8.41. The molecule has 1 saturated heterocycles. The first-order valence-corrected chi connectivity index (χ1v) is 12.2. The van der Waals surface area contributed by atoms with Crippen LogP contribution in [0.3, 0.4) is 0 Å². The van der Waals surface area contributed by atoms with Gasteiger partial charge in [0.25, 0.3) is 0 Å². The number of carboxylic acid groups (broad SMARTS) is 1. The summed E-state index contributed by atoms with van der Waals surface area (Å²) in [5.41, 5.74) is 0.381. The lowest BCUT2D eigenvalue weighted by Crippen LogP contribution is -2.37. The molecule has 2 aromatic rings. The number of alkyl halides is 3. The van der Waals surface area contributed by atoms with Gasteiger partial charge in [0.05, 0.1) is 30.4 Å². The second-order valence-corrected chi connectivity index (χ2v) is 9.28. The predicted molar refractivity (Wildman–Crippen MR) is 130 cm³/mol. The quantitative estimate of drug-likeness (QED) is 0.354. The maximum atomic E-state index is 13.8. The van der Waals surface area contributed by atoms with Crippen LogP contribution >= 0.6 is 0 Å². The van der Waals surface area contributed by atoms with Crippen LogP contribution in [0.1, 0.15) is 60.1 Å². The highest BCUT2D eigenvalue weighted by Gasteiger charge is 2.35. The number of hydrogen-bond donors (Lipinski definition) is 2. The fraction of sp³-hybridized carbons (Fsp3) is 0.464. The molecular formula is C28H31F4NO4. The van der Waals surface area contributed by atoms with Crippen LogP contribution in [0.25, 0.3) is 0 Å². The second-order valence-electron chi connectivity index (χ2n) is 9.28. The summed E-state index contributed by atoms with van der Waals surface area (Å²) in [6.07, 6.45) is -5.34. The summed E-state index contributed by atoms with van der Waals surface area (Å²) in [6.45, 7) is 4.14. The van der Waals surface area contributed by atoms with E-state index in [4.69, 9.17) is 9.84 Å². The van der Waals surface area contributed by atoms with E-state index in [1.807, 2.05) is 4.90 Å². The summed E-state index contributed by atoms with van der Waals surface area (Å²) in [7, 11) is 0. The zero-order valence-electron chi connectivity index (χ0n) is 20.8. The smallest absolute Gasteiger partial charge is 0.416 e. The molecule has 9 heteroatoms. The molecule has 2 aromatic carbocycles. The number of β-amino-alcohol motifs (C(OH)–C–C–N with tert-alkyl or cyclic N) is 1. The molecule has 0 radical (unpaired) electrons. The molecule has 1 aliphatic rings. The highest BCUT2D eigenvalue weighted by atomic mass is 19.4. The third-order valence-corrected chi connectivity index (χ3v) is 6.45. The molecule has 2 N–H and O–H groups in total. The average Bonchev–Trinajstić information content (AvgIpc) is 3.27. The minimum absolute atomic E-state index is 0.109. The standard InChI is InChI=1S/C28H31F4NO4/c1-18-8-9-20(15-26(18)29)10-11-21-5-4-14-33(21)16-22(34)17-37-19(2)23-6-3-7-25(28(30,31)32)24(23)12-13-27(35)36/h3,6-9,15,19,21-22,34H,4-5,12-14,16-17H2,1-2H3,(H,35,36)/t19-,21?,22-/m1/s1. The van der Waals surface area contributed by atoms with E-state index in [0.29, 0.717) is 11.1 Å². The first-order valence-electron chi connectivity index (χ1n) is 12.2. The van der Waals surface area contributed by atoms with Crippen molar-refractivity contribution < 1.29 is 37.3 Å². The van der Waals surface area contributed by atoms with Crippen molar-refractivity contribution in [3.63, 3.8) is 0 Å². The minimum Gasteiger partial charge on any atom is -0.481 e. The van der Waals surface area contributed by atoms with Crippen molar-refractivity contribution in [2.24, 2.45) is 0 Å². The molecule has 1 fully saturated rings. The van der Waals surface area contributed by atoms with E-state index in [9.17, 15) is 27.5 Å². The van der Waals surface area contributed by atoms with Gasteiger partial charge in [0, 0.05) is 18.5 Å². The van der Waals surface area contributed by atoms with Crippen LogP contribution in [0.15, 0.2) is 36.4 Å². The Morgan fingerprint density at radius 3 is 2.70 bits per heavy atom. The van der Waals surface area contributed by atoms with Crippen molar-refractivity contribution >= 4 is 5.97 Å². The third-order valence-electron chi connectivity index (χ3n) is 6.45. The Labute approximate surface area is 214 Å². The molecule has 0 spiro atoms. The number of benzene rings is 2. The van der Waals surface area contributed by atoms with E-state index >= 15 is 0 Å². The number of halogens is 4. The van der Waals surface area contributed by atoms with E-state index < -0.39 is 36.3 Å². The fourth-order valence-corrected chi connectivity index (χ4v) is 4.48. The van der Waals surface area contributed by atoms with Crippen LogP contribution in [0.2, 0.25) is 0 Å². The van der Waals surface area contributed by atoms with E-state index in [2.05, 4.69) is 11.8 Å². The van der Waals surface area contributed by atoms with Gasteiger partial charge in [0.15, 0.2) is 0 Å². The van der Waals surface area contributed by atoms with Gasteiger partial charge in [-0.3, -0.25) is 9.69 Å². The maximum Gasteiger partial charge on any atom is 0.416 e. The molecule has 1 aliphatic heterocycles. The van der Waals surface area contributed by atoms with Crippen molar-refractivity contribution in [1.29, 1.82) is 0 Å². The zero-order chi connectivity index (χ0) is 27.2. The summed E-state index contributed by atoms with van der Waals surface area (Å²) < 4.78 is 60.1. The number of aryl methyl sites for hydroxylation is 1. The lowest BCUT2D eigenvalue weighted by Gasteiger charge is -2.25. The van der Waals surface area contributed by atoms with Crippen molar-refractivity contribution in [3.8, 4) is 11.8 Å². The molecular weight excluding hydrogens is 490 g/mol. The van der Waals surface area contributed by atoms with Crippen LogP contribution < -0.4 is 0 Å². The van der Waals surface area contributed by atoms with Crippen LogP contribution in [-0.4, -0.2) is 52.9 Å². The van der Waals surface area contributed by atoms with Gasteiger partial charge in [-0.15, -0.1) is 0 Å². The molecule has 0 aliphatic carbocycles. The van der Waals surface area contributed by atoms with Gasteiger partial charge >= 0.3 is 12.1 Å². The van der Waals surface area contributed by atoms with Crippen LogP contribution in [0.4, 0.5) is 17.6 Å². The molecule has 3 rings (SSSR count). The molecule has 0 bridgehead atoms. The predicted octanol–water partition coefficient (Wildman–Crippen LogP) is 5.12. The summed E-state index contributed by atoms with van der Waals surface area (Å²) in [4.78, 5) is 13.0. The third kappa shape index (κ3) is 8.03. The Balaban J connectivity index is 1.63. The van der Waals surface area contributed by atoms with E-state index in [1.54, 1.807) is 26.0 Å². The van der Waals surface area contributed by atoms with Gasteiger partial charge in [-0.2, -0.15) is 13.2 Å². The highest BCUT2D eigenvalue weighted by molar-refractivity contribution is 5.67. The highest BCUT2D eigenvalue weighted by Crippen LogP contribution is 2.36. The largest absolute Gasteiger partial charge is 0.481 e. The molecule has 1 heterocycles. The van der Waals surface area contributed by atoms with Gasteiger partial charge in [0.2, 0.25) is 0 Å². The molecule has 0 saturated carbocycles. The van der Waals surface area contributed by atoms with Crippen LogP contribution in [0, 0.1) is 24.6 Å². The van der Waals surface area contributed by atoms with Gasteiger partial charge < -0.3 is 14.9 Å². The van der Waals surface area contributed by atoms with Gasteiger partial charge in [-0.05, 0) is 74.5 Å². The number of aliphatic hydroxyl groups is 1. The number of aliphatic hydroxyl groups excluding tert-OH is 1. The second kappa shape index (κ2) is 12.5. The minimum atomic E-state index is -4.63. The summed E-state index contributed by atoms with van der Waals surface area (Å²) in [5, 5.41) is 19.6. The number of rotatable bonds is 9. The van der Waals surface area contributed by atoms with Gasteiger partial charge in [-0.1, -0.05) is 30.0 Å². The SMILES string of the molecule is Cc1ccc(C#CC2CCCN2C[C@@H](O)CO[C@H](C)c2cccc(C(F)(F)F)c2CCC(=O)O)cc1F. The summed E-state index contributed by atoms with van der Waals surface area (Å²) in [5.74, 6) is 4.63. The van der Waals surface area contributed by atoms with Crippen molar-refractivity contribution in [2.75, 3.05) is 19.7 Å². The fourth-order valence-electron chi connectivity index (χ4n) is 4.48. The number of carbonyl (C=O) groups is 1. The number of nitrogens with zero attached hydrogens (tertiary/aromatic N) is 1. The first-order chi connectivity index (χ1) is 17.5. The molecule has 200 valence electrons. The zero-order valence-corrected chi connectivity index (χ0v) is 20.8. The molecule has 37 heavy (non-hydrogen) atoms. The van der Waals surface area contributed by atoms with E-state index in [-0.39, 0.29) is 42.6 Å². The number of ether oxygens (including phenoxy) is 1. The molecule has 1 unspecified atom stereocenters. The molecule has 0 aromatic heterocycles. The van der Waals surface area contributed by atoms with Crippen molar-refractivity contribution in [3.05, 3.63) is 70.0 Å². The molecule has 0 amide bonds. The van der Waals surface area contributed by atoms with Gasteiger partial charge in [-0.25, -0.2) is 4.39 Å². The van der Waals surface area contributed by atoms with Crippen molar-refractivity contribution in [1.82, 2.24) is 4.90 Å². The van der Waals surface area contributed by atoms with Gasteiger partial charge in [0.1, 0.15) is 5.82 Å². The Kier molecular flexibility index (Phi) is 9.71. The Bertz CT molecular complexity index is 1160. The first kappa shape index (κ1) is 28.6. The Hall–Kier alpha value is -2.93. The lowest BCUT2D eigenvalue weighted by atomic mass is 9.93. The average molecular weight is 522 g/mol. The Morgan fingerprint density at radius 1 is 1.27 bits per heavy atom. The maximum absolute atomic E-state index is 13.8.